The van der Waals surface area contributed by atoms with E-state index in [1.54, 1.807) is 24.3 Å². The Labute approximate surface area is 202 Å². The molecule has 0 spiro atoms. The van der Waals surface area contributed by atoms with E-state index in [2.05, 4.69) is 31.2 Å². The normalized spacial score (nSPS) is 20.7. The highest BCUT2D eigenvalue weighted by atomic mass is 19.1. The van der Waals surface area contributed by atoms with E-state index in [1.807, 2.05) is 6.07 Å². The largest absolute Gasteiger partial charge is 0.367 e. The van der Waals surface area contributed by atoms with E-state index in [4.69, 9.17) is 0 Å². The van der Waals surface area contributed by atoms with E-state index >= 15 is 0 Å². The number of fused-ring (bicyclic) bond motifs is 1. The number of carbonyl (C=O) groups excluding carboxylic acids is 1. The van der Waals surface area contributed by atoms with E-state index < -0.39 is 5.82 Å². The number of carbonyl (C=O) groups is 1. The van der Waals surface area contributed by atoms with Crippen LogP contribution in [0.15, 0.2) is 41.2 Å². The Balaban J connectivity index is 1.25. The van der Waals surface area contributed by atoms with Crippen molar-refractivity contribution >= 4 is 22.4 Å². The number of rotatable bonds is 4. The number of aromatic amines is 1. The zero-order valence-corrected chi connectivity index (χ0v) is 19.6. The van der Waals surface area contributed by atoms with Gasteiger partial charge in [0.25, 0.3) is 11.5 Å². The average Bonchev–Trinajstić information content (AvgIpc) is 3.38. The molecule has 1 aliphatic heterocycles. The first-order chi connectivity index (χ1) is 17.0. The molecule has 1 aliphatic carbocycles. The van der Waals surface area contributed by atoms with Crippen molar-refractivity contribution in [2.75, 3.05) is 38.1 Å². The zero-order valence-electron chi connectivity index (χ0n) is 19.6. The van der Waals surface area contributed by atoms with Crippen LogP contribution >= 0.6 is 0 Å². The molecule has 1 saturated carbocycles. The molecule has 9 heteroatoms. The predicted octanol–water partition coefficient (Wildman–Crippen LogP) is 2.75. The van der Waals surface area contributed by atoms with Crippen molar-refractivity contribution in [1.29, 1.82) is 5.26 Å². The monoisotopic (exact) mass is 474 g/mol. The molecule has 2 N–H and O–H groups in total. The van der Waals surface area contributed by atoms with E-state index in [9.17, 15) is 19.2 Å². The number of amides is 1. The molecule has 0 unspecified atom stereocenters. The van der Waals surface area contributed by atoms with Gasteiger partial charge in [0.1, 0.15) is 17.6 Å². The Hall–Kier alpha value is -3.77. The van der Waals surface area contributed by atoms with Crippen molar-refractivity contribution < 1.29 is 9.18 Å². The Morgan fingerprint density at radius 1 is 1.20 bits per heavy atom. The number of piperazine rings is 1. The van der Waals surface area contributed by atoms with E-state index in [1.165, 1.54) is 13.1 Å². The second-order valence-electron chi connectivity index (χ2n) is 9.20. The van der Waals surface area contributed by atoms with Crippen molar-refractivity contribution in [2.45, 2.75) is 31.2 Å². The van der Waals surface area contributed by atoms with Crippen LogP contribution in [-0.2, 0) is 0 Å². The highest BCUT2D eigenvalue weighted by Crippen LogP contribution is 2.37. The van der Waals surface area contributed by atoms with E-state index in [0.717, 1.165) is 56.8 Å². The topological polar surface area (TPSA) is 105 Å². The maximum atomic E-state index is 14.1. The minimum atomic E-state index is -0.490. The summed E-state index contributed by atoms with van der Waals surface area (Å²) in [5, 5.41) is 12.9. The lowest BCUT2D eigenvalue weighted by Crippen LogP contribution is -2.50. The fourth-order valence-corrected chi connectivity index (χ4v) is 5.46. The Bertz CT molecular complexity index is 1370. The van der Waals surface area contributed by atoms with Crippen molar-refractivity contribution in [1.82, 2.24) is 20.2 Å². The summed E-state index contributed by atoms with van der Waals surface area (Å²) in [6.45, 7) is 3.25. The summed E-state index contributed by atoms with van der Waals surface area (Å²) in [6.07, 6.45) is 2.97. The van der Waals surface area contributed by atoms with Gasteiger partial charge in [-0.15, -0.1) is 0 Å². The molecule has 2 atom stereocenters. The molecular weight excluding hydrogens is 447 g/mol. The van der Waals surface area contributed by atoms with E-state index in [0.29, 0.717) is 11.4 Å². The SMILES string of the molecule is CNC(=O)c1ccc(N2CCN([C@H]3CC[C@@H](c4cc5cccc(F)c5c(=O)[nH]4)C3)CC2)c(C#N)n1. The van der Waals surface area contributed by atoms with Crippen molar-refractivity contribution in [3.8, 4) is 6.07 Å². The first kappa shape index (κ1) is 23.0. The number of H-pyrrole nitrogens is 1. The van der Waals surface area contributed by atoms with Gasteiger partial charge in [0.05, 0.1) is 11.1 Å². The lowest BCUT2D eigenvalue weighted by atomic mass is 10.00. The van der Waals surface area contributed by atoms with Crippen LogP contribution in [0.1, 0.15) is 47.1 Å². The molecule has 2 aromatic heterocycles. The van der Waals surface area contributed by atoms with Gasteiger partial charge in [0.15, 0.2) is 5.69 Å². The number of nitrogens with zero attached hydrogens (tertiary/aromatic N) is 4. The molecule has 1 amide bonds. The quantitative estimate of drug-likeness (QED) is 0.603. The van der Waals surface area contributed by atoms with Gasteiger partial charge in [-0.2, -0.15) is 5.26 Å². The summed E-state index contributed by atoms with van der Waals surface area (Å²) < 4.78 is 14.1. The van der Waals surface area contributed by atoms with Gasteiger partial charge in [-0.1, -0.05) is 12.1 Å². The zero-order chi connectivity index (χ0) is 24.5. The summed E-state index contributed by atoms with van der Waals surface area (Å²) in [7, 11) is 1.54. The molecule has 8 nitrogen and oxygen atoms in total. The molecule has 2 fully saturated rings. The van der Waals surface area contributed by atoms with Crippen molar-refractivity contribution in [2.24, 2.45) is 0 Å². The van der Waals surface area contributed by atoms with Gasteiger partial charge < -0.3 is 15.2 Å². The molecule has 1 aromatic carbocycles. The van der Waals surface area contributed by atoms with Gasteiger partial charge in [-0.3, -0.25) is 14.5 Å². The van der Waals surface area contributed by atoms with Crippen LogP contribution < -0.4 is 15.8 Å². The number of hydrogen-bond donors (Lipinski definition) is 2. The fourth-order valence-electron chi connectivity index (χ4n) is 5.46. The Morgan fingerprint density at radius 2 is 2.00 bits per heavy atom. The molecule has 1 saturated heterocycles. The number of benzene rings is 1. The van der Waals surface area contributed by atoms with Crippen LogP contribution in [0.3, 0.4) is 0 Å². The lowest BCUT2D eigenvalue weighted by Gasteiger charge is -2.39. The maximum absolute atomic E-state index is 14.1. The molecule has 0 bridgehead atoms. The minimum absolute atomic E-state index is 0.122. The lowest BCUT2D eigenvalue weighted by molar-refractivity contribution is 0.0958. The number of nitriles is 1. The van der Waals surface area contributed by atoms with Gasteiger partial charge >= 0.3 is 0 Å². The number of halogens is 1. The van der Waals surface area contributed by atoms with Crippen LogP contribution in [0, 0.1) is 17.1 Å². The molecule has 0 radical (unpaired) electrons. The van der Waals surface area contributed by atoms with Crippen LogP contribution in [0.5, 0.6) is 0 Å². The van der Waals surface area contributed by atoms with Crippen LogP contribution in [0.2, 0.25) is 0 Å². The third-order valence-corrected chi connectivity index (χ3v) is 7.30. The molecule has 3 aromatic rings. The average molecular weight is 475 g/mol. The standard InChI is InChI=1S/C26H27FN6O2/c1-29-25(34)20-7-8-23(22(15-28)30-20)33-11-9-32(10-12-33)18-6-5-16(13-18)21-14-17-3-2-4-19(27)24(17)26(35)31-21/h2-4,7-8,14,16,18H,5-6,9-13H2,1H3,(H,29,34)(H,31,35)/t16-,18+/m1/s1. The minimum Gasteiger partial charge on any atom is -0.367 e. The number of hydrogen-bond acceptors (Lipinski definition) is 6. The summed E-state index contributed by atoms with van der Waals surface area (Å²) in [5.41, 5.74) is 1.77. The van der Waals surface area contributed by atoms with E-state index in [-0.39, 0.29) is 34.2 Å². The molecule has 5 rings (SSSR count). The first-order valence-corrected chi connectivity index (χ1v) is 11.9. The summed E-state index contributed by atoms with van der Waals surface area (Å²) in [5.74, 6) is -0.563. The molecule has 180 valence electrons. The first-order valence-electron chi connectivity index (χ1n) is 11.9. The van der Waals surface area contributed by atoms with Gasteiger partial charge in [0, 0.05) is 50.9 Å². The summed E-state index contributed by atoms with van der Waals surface area (Å²) in [6, 6.07) is 12.6. The predicted molar refractivity (Wildman–Crippen MR) is 131 cm³/mol. The molecule has 2 aliphatic rings. The van der Waals surface area contributed by atoms with Crippen LogP contribution in [-0.4, -0.2) is 60.0 Å². The molecule has 35 heavy (non-hydrogen) atoms. The van der Waals surface area contributed by atoms with Crippen molar-refractivity contribution in [3.63, 3.8) is 0 Å². The number of pyridine rings is 2. The Morgan fingerprint density at radius 3 is 2.74 bits per heavy atom. The number of aromatic nitrogens is 2. The number of nitrogens with one attached hydrogen (secondary N) is 2. The third-order valence-electron chi connectivity index (χ3n) is 7.30. The third kappa shape index (κ3) is 4.37. The molecular formula is C26H27FN6O2. The second-order valence-corrected chi connectivity index (χ2v) is 9.20. The van der Waals surface area contributed by atoms with Gasteiger partial charge in [0.2, 0.25) is 0 Å². The molecule has 3 heterocycles. The maximum Gasteiger partial charge on any atom is 0.269 e. The summed E-state index contributed by atoms with van der Waals surface area (Å²) >= 11 is 0. The summed E-state index contributed by atoms with van der Waals surface area (Å²) in [4.78, 5) is 36.1. The van der Waals surface area contributed by atoms with Gasteiger partial charge in [-0.05, 0) is 48.9 Å². The highest BCUT2D eigenvalue weighted by Gasteiger charge is 2.33. The number of anilines is 1. The smallest absolute Gasteiger partial charge is 0.269 e. The Kier molecular flexibility index (Phi) is 6.22. The second kappa shape index (κ2) is 9.47. The highest BCUT2D eigenvalue weighted by molar-refractivity contribution is 5.92. The van der Waals surface area contributed by atoms with Crippen molar-refractivity contribution in [3.05, 3.63) is 69.7 Å². The van der Waals surface area contributed by atoms with Crippen LogP contribution in [0.4, 0.5) is 10.1 Å². The fraction of sp³-hybridized carbons (Fsp3) is 0.385. The van der Waals surface area contributed by atoms with Gasteiger partial charge in [-0.25, -0.2) is 9.37 Å². The van der Waals surface area contributed by atoms with Crippen LogP contribution in [0.25, 0.3) is 10.8 Å².